The van der Waals surface area contributed by atoms with E-state index in [0.717, 1.165) is 17.8 Å². The number of nitriles is 1. The maximum absolute atomic E-state index is 8.77. The standard InChI is InChI=1S/C14H14ClN3O/c1-3-11-7-12(18(2)17-11)9-19-14-5-4-10(8-16)6-13(14)15/h4-7H,3,9H2,1-2H3. The van der Waals surface area contributed by atoms with Crippen molar-refractivity contribution in [3.63, 3.8) is 0 Å². The first kappa shape index (κ1) is 13.4. The summed E-state index contributed by atoms with van der Waals surface area (Å²) in [5, 5.41) is 13.6. The number of halogens is 1. The Kier molecular flexibility index (Phi) is 4.08. The molecule has 0 saturated carbocycles. The van der Waals surface area contributed by atoms with Gasteiger partial charge in [-0.2, -0.15) is 10.4 Å². The van der Waals surface area contributed by atoms with Gasteiger partial charge in [-0.3, -0.25) is 4.68 Å². The van der Waals surface area contributed by atoms with Crippen molar-refractivity contribution in [2.75, 3.05) is 0 Å². The first-order valence-electron chi connectivity index (χ1n) is 5.98. The molecule has 0 aliphatic carbocycles. The van der Waals surface area contributed by atoms with Crippen LogP contribution in [0, 0.1) is 11.3 Å². The summed E-state index contributed by atoms with van der Waals surface area (Å²) in [6.07, 6.45) is 0.894. The number of hydrogen-bond donors (Lipinski definition) is 0. The first-order chi connectivity index (χ1) is 9.13. The fourth-order valence-electron chi connectivity index (χ4n) is 1.72. The van der Waals surface area contributed by atoms with E-state index in [4.69, 9.17) is 21.6 Å². The predicted molar refractivity (Wildman–Crippen MR) is 73.1 cm³/mol. The molecule has 0 radical (unpaired) electrons. The molecule has 0 aliphatic rings. The number of benzene rings is 1. The van der Waals surface area contributed by atoms with E-state index in [2.05, 4.69) is 12.0 Å². The summed E-state index contributed by atoms with van der Waals surface area (Å²) in [6, 6.07) is 9.03. The van der Waals surface area contributed by atoms with Crippen molar-refractivity contribution >= 4 is 11.6 Å². The third-order valence-electron chi connectivity index (χ3n) is 2.83. The molecule has 2 rings (SSSR count). The van der Waals surface area contributed by atoms with Gasteiger partial charge in [0.25, 0.3) is 0 Å². The molecule has 5 heteroatoms. The molecule has 4 nitrogen and oxygen atoms in total. The maximum Gasteiger partial charge on any atom is 0.138 e. The summed E-state index contributed by atoms with van der Waals surface area (Å²) in [4.78, 5) is 0. The third-order valence-corrected chi connectivity index (χ3v) is 3.12. The van der Waals surface area contributed by atoms with E-state index in [1.54, 1.807) is 22.9 Å². The van der Waals surface area contributed by atoms with E-state index in [9.17, 15) is 0 Å². The van der Waals surface area contributed by atoms with Crippen molar-refractivity contribution in [1.29, 1.82) is 5.26 Å². The Morgan fingerprint density at radius 2 is 2.21 bits per heavy atom. The fraction of sp³-hybridized carbons (Fsp3) is 0.286. The Morgan fingerprint density at radius 1 is 1.42 bits per heavy atom. The number of rotatable bonds is 4. The lowest BCUT2D eigenvalue weighted by atomic mass is 10.2. The van der Waals surface area contributed by atoms with E-state index in [0.29, 0.717) is 22.9 Å². The highest BCUT2D eigenvalue weighted by Crippen LogP contribution is 2.26. The molecule has 0 fully saturated rings. The Morgan fingerprint density at radius 3 is 2.79 bits per heavy atom. The highest BCUT2D eigenvalue weighted by molar-refractivity contribution is 6.32. The number of hydrogen-bond acceptors (Lipinski definition) is 3. The van der Waals surface area contributed by atoms with Crippen LogP contribution in [0.2, 0.25) is 5.02 Å². The number of nitrogens with zero attached hydrogens (tertiary/aromatic N) is 3. The van der Waals surface area contributed by atoms with E-state index >= 15 is 0 Å². The van der Waals surface area contributed by atoms with Crippen LogP contribution in [-0.4, -0.2) is 9.78 Å². The van der Waals surface area contributed by atoms with Crippen molar-refractivity contribution in [1.82, 2.24) is 9.78 Å². The molecule has 1 aromatic carbocycles. The quantitative estimate of drug-likeness (QED) is 0.861. The molecule has 0 N–H and O–H groups in total. The average Bonchev–Trinajstić information content (AvgIpc) is 2.78. The summed E-state index contributed by atoms with van der Waals surface area (Å²) in [6.45, 7) is 2.46. The molecular weight excluding hydrogens is 262 g/mol. The normalized spacial score (nSPS) is 10.2. The van der Waals surface area contributed by atoms with Crippen molar-refractivity contribution in [2.45, 2.75) is 20.0 Å². The van der Waals surface area contributed by atoms with Gasteiger partial charge in [0.05, 0.1) is 28.0 Å². The zero-order valence-electron chi connectivity index (χ0n) is 10.9. The lowest BCUT2D eigenvalue weighted by Crippen LogP contribution is -2.03. The van der Waals surface area contributed by atoms with E-state index in [1.165, 1.54) is 0 Å². The van der Waals surface area contributed by atoms with Crippen LogP contribution < -0.4 is 4.74 Å². The maximum atomic E-state index is 8.77. The summed E-state index contributed by atoms with van der Waals surface area (Å²) in [5.74, 6) is 0.569. The lowest BCUT2D eigenvalue weighted by molar-refractivity contribution is 0.295. The lowest BCUT2D eigenvalue weighted by Gasteiger charge is -2.08. The zero-order valence-corrected chi connectivity index (χ0v) is 11.6. The minimum absolute atomic E-state index is 0.398. The second kappa shape index (κ2) is 5.77. The summed E-state index contributed by atoms with van der Waals surface area (Å²) in [5.41, 5.74) is 2.54. The molecule has 19 heavy (non-hydrogen) atoms. The van der Waals surface area contributed by atoms with Gasteiger partial charge in [-0.1, -0.05) is 18.5 Å². The Balaban J connectivity index is 2.10. The van der Waals surface area contributed by atoms with Gasteiger partial charge >= 0.3 is 0 Å². The Labute approximate surface area is 117 Å². The largest absolute Gasteiger partial charge is 0.486 e. The van der Waals surface area contributed by atoms with Crippen molar-refractivity contribution in [3.05, 3.63) is 46.2 Å². The molecule has 0 amide bonds. The van der Waals surface area contributed by atoms with E-state index in [1.807, 2.05) is 19.2 Å². The molecule has 1 heterocycles. The molecule has 0 bridgehead atoms. The monoisotopic (exact) mass is 275 g/mol. The van der Waals surface area contributed by atoms with Crippen molar-refractivity contribution in [2.24, 2.45) is 7.05 Å². The van der Waals surface area contributed by atoms with Gasteiger partial charge in [-0.25, -0.2) is 0 Å². The van der Waals surface area contributed by atoms with Crippen LogP contribution in [-0.2, 0) is 20.1 Å². The summed E-state index contributed by atoms with van der Waals surface area (Å²) >= 11 is 6.05. The SMILES string of the molecule is CCc1cc(COc2ccc(C#N)cc2Cl)n(C)n1. The number of aromatic nitrogens is 2. The smallest absolute Gasteiger partial charge is 0.138 e. The highest BCUT2D eigenvalue weighted by atomic mass is 35.5. The molecule has 0 aliphatic heterocycles. The second-order valence-corrected chi connectivity index (χ2v) is 4.56. The Hall–Kier alpha value is -1.99. The molecule has 1 aromatic heterocycles. The van der Waals surface area contributed by atoms with Gasteiger partial charge in [0.2, 0.25) is 0 Å². The van der Waals surface area contributed by atoms with Gasteiger partial charge < -0.3 is 4.74 Å². The molecule has 0 saturated heterocycles. The second-order valence-electron chi connectivity index (χ2n) is 4.15. The van der Waals surface area contributed by atoms with Crippen LogP contribution in [0.3, 0.4) is 0 Å². The van der Waals surface area contributed by atoms with Crippen LogP contribution in [0.15, 0.2) is 24.3 Å². The predicted octanol–water partition coefficient (Wildman–Crippen LogP) is 3.09. The van der Waals surface area contributed by atoms with Crippen LogP contribution in [0.1, 0.15) is 23.9 Å². The van der Waals surface area contributed by atoms with Gasteiger partial charge in [0.15, 0.2) is 0 Å². The minimum Gasteiger partial charge on any atom is -0.486 e. The van der Waals surface area contributed by atoms with Crippen LogP contribution in [0.25, 0.3) is 0 Å². The average molecular weight is 276 g/mol. The van der Waals surface area contributed by atoms with Crippen LogP contribution >= 0.6 is 11.6 Å². The summed E-state index contributed by atoms with van der Waals surface area (Å²) < 4.78 is 7.46. The van der Waals surface area contributed by atoms with Gasteiger partial charge in [0, 0.05) is 7.05 Å². The van der Waals surface area contributed by atoms with Crippen molar-refractivity contribution in [3.8, 4) is 11.8 Å². The van der Waals surface area contributed by atoms with E-state index in [-0.39, 0.29) is 0 Å². The van der Waals surface area contributed by atoms with E-state index < -0.39 is 0 Å². The van der Waals surface area contributed by atoms with Crippen LogP contribution in [0.4, 0.5) is 0 Å². The molecule has 0 unspecified atom stereocenters. The van der Waals surface area contributed by atoms with Crippen molar-refractivity contribution < 1.29 is 4.74 Å². The fourth-order valence-corrected chi connectivity index (χ4v) is 1.95. The molecule has 2 aromatic rings. The van der Waals surface area contributed by atoms with Gasteiger partial charge in [-0.15, -0.1) is 0 Å². The third kappa shape index (κ3) is 3.07. The zero-order chi connectivity index (χ0) is 13.8. The molecule has 0 spiro atoms. The minimum atomic E-state index is 0.398. The highest BCUT2D eigenvalue weighted by Gasteiger charge is 2.07. The number of aryl methyl sites for hydroxylation is 2. The molecule has 98 valence electrons. The Bertz CT molecular complexity index is 628. The van der Waals surface area contributed by atoms with Gasteiger partial charge in [0.1, 0.15) is 12.4 Å². The van der Waals surface area contributed by atoms with Gasteiger partial charge in [-0.05, 0) is 30.7 Å². The topological polar surface area (TPSA) is 50.8 Å². The summed E-state index contributed by atoms with van der Waals surface area (Å²) in [7, 11) is 1.89. The number of ether oxygens (including phenoxy) is 1. The first-order valence-corrected chi connectivity index (χ1v) is 6.36. The van der Waals surface area contributed by atoms with Crippen LogP contribution in [0.5, 0.6) is 5.75 Å². The molecular formula is C14H14ClN3O. The molecule has 0 atom stereocenters.